The number of amides is 2. The predicted octanol–water partition coefficient (Wildman–Crippen LogP) is 3.00. The van der Waals surface area contributed by atoms with E-state index in [0.29, 0.717) is 5.41 Å². The molecule has 2 amide bonds. The van der Waals surface area contributed by atoms with Crippen LogP contribution in [0, 0.1) is 5.41 Å². The van der Waals surface area contributed by atoms with Gasteiger partial charge in [0.15, 0.2) is 0 Å². The number of carboxylic acids is 1. The molecule has 1 heterocycles. The standard InChI is InChI=1S/C16H28N2O3/c1-15(2,12-13(19)20)17-14(21)18-10-8-16(9-11-18)6-4-3-5-7-16/h3-12H2,1-2H3,(H,17,21)(H,19,20). The lowest BCUT2D eigenvalue weighted by atomic mass is 9.68. The molecule has 5 heteroatoms. The Morgan fingerprint density at radius 1 is 1.10 bits per heavy atom. The molecule has 21 heavy (non-hydrogen) atoms. The van der Waals surface area contributed by atoms with Crippen molar-refractivity contribution < 1.29 is 14.7 Å². The highest BCUT2D eigenvalue weighted by Gasteiger charge is 2.37. The zero-order chi connectivity index (χ0) is 15.5. The van der Waals surface area contributed by atoms with Crippen LogP contribution in [0.1, 0.15) is 65.2 Å². The summed E-state index contributed by atoms with van der Waals surface area (Å²) in [4.78, 5) is 24.9. The molecule has 0 radical (unpaired) electrons. The minimum atomic E-state index is -0.889. The second-order valence-electron chi connectivity index (χ2n) is 7.43. The minimum absolute atomic E-state index is 0.0590. The van der Waals surface area contributed by atoms with Crippen molar-refractivity contribution in [3.63, 3.8) is 0 Å². The van der Waals surface area contributed by atoms with Crippen molar-refractivity contribution in [3.8, 4) is 0 Å². The van der Waals surface area contributed by atoms with Gasteiger partial charge >= 0.3 is 12.0 Å². The Labute approximate surface area is 127 Å². The van der Waals surface area contributed by atoms with E-state index in [2.05, 4.69) is 5.32 Å². The largest absolute Gasteiger partial charge is 0.481 e. The Bertz CT molecular complexity index is 390. The number of carboxylic acid groups (broad SMARTS) is 1. The first-order valence-corrected chi connectivity index (χ1v) is 8.11. The van der Waals surface area contributed by atoms with Crippen LogP contribution in [0.25, 0.3) is 0 Å². The fourth-order valence-electron chi connectivity index (χ4n) is 3.78. The van der Waals surface area contributed by atoms with Gasteiger partial charge in [-0.1, -0.05) is 19.3 Å². The van der Waals surface area contributed by atoms with Gasteiger partial charge in [-0.25, -0.2) is 4.79 Å². The summed E-state index contributed by atoms with van der Waals surface area (Å²) < 4.78 is 0. The number of hydrogen-bond donors (Lipinski definition) is 2. The first kappa shape index (κ1) is 16.1. The molecule has 2 rings (SSSR count). The smallest absolute Gasteiger partial charge is 0.317 e. The summed E-state index contributed by atoms with van der Waals surface area (Å²) in [6.07, 6.45) is 8.78. The van der Waals surface area contributed by atoms with E-state index in [9.17, 15) is 9.59 Å². The Hall–Kier alpha value is -1.26. The molecule has 1 saturated carbocycles. The molecule has 2 fully saturated rings. The van der Waals surface area contributed by atoms with Crippen LogP contribution < -0.4 is 5.32 Å². The molecule has 0 aromatic rings. The fraction of sp³-hybridized carbons (Fsp3) is 0.875. The van der Waals surface area contributed by atoms with Gasteiger partial charge in [0, 0.05) is 18.6 Å². The summed E-state index contributed by atoms with van der Waals surface area (Å²) in [6.45, 7) is 5.11. The third-order valence-corrected chi connectivity index (χ3v) is 5.06. The summed E-state index contributed by atoms with van der Waals surface area (Å²) in [5.41, 5.74) is -0.228. The molecule has 0 bridgehead atoms. The zero-order valence-corrected chi connectivity index (χ0v) is 13.3. The van der Waals surface area contributed by atoms with Crippen LogP contribution in [-0.2, 0) is 4.79 Å². The van der Waals surface area contributed by atoms with Gasteiger partial charge in [0.1, 0.15) is 0 Å². The van der Waals surface area contributed by atoms with Crippen molar-refractivity contribution in [1.82, 2.24) is 10.2 Å². The van der Waals surface area contributed by atoms with Gasteiger partial charge in [-0.05, 0) is 44.9 Å². The van der Waals surface area contributed by atoms with Crippen molar-refractivity contribution >= 4 is 12.0 Å². The minimum Gasteiger partial charge on any atom is -0.481 e. The zero-order valence-electron chi connectivity index (χ0n) is 13.3. The molecule has 1 saturated heterocycles. The first-order valence-electron chi connectivity index (χ1n) is 8.11. The van der Waals surface area contributed by atoms with Gasteiger partial charge in [0.2, 0.25) is 0 Å². The van der Waals surface area contributed by atoms with Crippen LogP contribution in [0.4, 0.5) is 4.79 Å². The third kappa shape index (κ3) is 4.35. The Morgan fingerprint density at radius 3 is 2.19 bits per heavy atom. The molecule has 0 aromatic carbocycles. The fourth-order valence-corrected chi connectivity index (χ4v) is 3.78. The average Bonchev–Trinajstić information content (AvgIpc) is 2.38. The molecular weight excluding hydrogens is 268 g/mol. The molecule has 120 valence electrons. The molecule has 1 spiro atoms. The SMILES string of the molecule is CC(C)(CC(=O)O)NC(=O)N1CCC2(CCCCC2)CC1. The van der Waals surface area contributed by atoms with Crippen LogP contribution in [-0.4, -0.2) is 40.6 Å². The van der Waals surface area contributed by atoms with Gasteiger partial charge < -0.3 is 15.3 Å². The predicted molar refractivity (Wildman–Crippen MR) is 81.2 cm³/mol. The number of aliphatic carboxylic acids is 1. The van der Waals surface area contributed by atoms with Crippen LogP contribution >= 0.6 is 0 Å². The summed E-state index contributed by atoms with van der Waals surface area (Å²) >= 11 is 0. The van der Waals surface area contributed by atoms with Crippen LogP contribution in [0.3, 0.4) is 0 Å². The number of carbonyl (C=O) groups is 2. The average molecular weight is 296 g/mol. The number of hydrogen-bond acceptors (Lipinski definition) is 2. The molecule has 1 aliphatic carbocycles. The van der Waals surface area contributed by atoms with Crippen LogP contribution in [0.2, 0.25) is 0 Å². The maximum absolute atomic E-state index is 12.3. The number of nitrogens with one attached hydrogen (secondary N) is 1. The molecular formula is C16H28N2O3. The van der Waals surface area contributed by atoms with E-state index >= 15 is 0 Å². The molecule has 5 nitrogen and oxygen atoms in total. The van der Waals surface area contributed by atoms with E-state index in [0.717, 1.165) is 25.9 Å². The number of rotatable bonds is 3. The normalized spacial score (nSPS) is 22.1. The summed E-state index contributed by atoms with van der Waals surface area (Å²) in [5.74, 6) is -0.889. The maximum atomic E-state index is 12.3. The summed E-state index contributed by atoms with van der Waals surface area (Å²) in [7, 11) is 0. The summed E-state index contributed by atoms with van der Waals surface area (Å²) in [5, 5.41) is 11.7. The highest BCUT2D eigenvalue weighted by atomic mass is 16.4. The lowest BCUT2D eigenvalue weighted by Gasteiger charge is -2.44. The second-order valence-corrected chi connectivity index (χ2v) is 7.43. The van der Waals surface area contributed by atoms with Crippen molar-refractivity contribution in [2.24, 2.45) is 5.41 Å². The van der Waals surface area contributed by atoms with E-state index in [4.69, 9.17) is 5.11 Å². The lowest BCUT2D eigenvalue weighted by molar-refractivity contribution is -0.138. The molecule has 2 aliphatic rings. The highest BCUT2D eigenvalue weighted by molar-refractivity contribution is 5.76. The maximum Gasteiger partial charge on any atom is 0.317 e. The topological polar surface area (TPSA) is 69.6 Å². The second kappa shape index (κ2) is 6.24. The van der Waals surface area contributed by atoms with Crippen LogP contribution in [0.15, 0.2) is 0 Å². The van der Waals surface area contributed by atoms with E-state index in [-0.39, 0.29) is 12.5 Å². The first-order chi connectivity index (χ1) is 9.82. The van der Waals surface area contributed by atoms with Gasteiger partial charge in [-0.2, -0.15) is 0 Å². The molecule has 1 aliphatic heterocycles. The number of likely N-dealkylation sites (tertiary alicyclic amines) is 1. The summed E-state index contributed by atoms with van der Waals surface area (Å²) in [6, 6.07) is -0.119. The Kier molecular flexibility index (Phi) is 4.79. The number of piperidine rings is 1. The van der Waals surface area contributed by atoms with E-state index in [1.165, 1.54) is 32.1 Å². The van der Waals surface area contributed by atoms with Crippen molar-refractivity contribution in [2.75, 3.05) is 13.1 Å². The molecule has 0 atom stereocenters. The van der Waals surface area contributed by atoms with Gasteiger partial charge in [-0.3, -0.25) is 4.79 Å². The van der Waals surface area contributed by atoms with E-state index in [1.807, 2.05) is 4.90 Å². The van der Waals surface area contributed by atoms with E-state index in [1.54, 1.807) is 13.8 Å². The molecule has 0 aromatic heterocycles. The van der Waals surface area contributed by atoms with Crippen LogP contribution in [0.5, 0.6) is 0 Å². The Balaban J connectivity index is 1.84. The number of urea groups is 1. The number of carbonyl (C=O) groups excluding carboxylic acids is 1. The number of nitrogens with zero attached hydrogens (tertiary/aromatic N) is 1. The van der Waals surface area contributed by atoms with Crippen molar-refractivity contribution in [2.45, 2.75) is 70.8 Å². The highest BCUT2D eigenvalue weighted by Crippen LogP contribution is 2.44. The van der Waals surface area contributed by atoms with Gasteiger partial charge in [0.05, 0.1) is 6.42 Å². The van der Waals surface area contributed by atoms with Gasteiger partial charge in [-0.15, -0.1) is 0 Å². The molecule has 0 unspecified atom stereocenters. The van der Waals surface area contributed by atoms with Crippen molar-refractivity contribution in [1.29, 1.82) is 0 Å². The van der Waals surface area contributed by atoms with Gasteiger partial charge in [0.25, 0.3) is 0 Å². The van der Waals surface area contributed by atoms with E-state index < -0.39 is 11.5 Å². The Morgan fingerprint density at radius 2 is 1.67 bits per heavy atom. The monoisotopic (exact) mass is 296 g/mol. The molecule has 2 N–H and O–H groups in total. The van der Waals surface area contributed by atoms with Crippen molar-refractivity contribution in [3.05, 3.63) is 0 Å². The quantitative estimate of drug-likeness (QED) is 0.841. The third-order valence-electron chi connectivity index (χ3n) is 5.06. The lowest BCUT2D eigenvalue weighted by Crippen LogP contribution is -2.54.